The van der Waals surface area contributed by atoms with Crippen LogP contribution in [-0.2, 0) is 14.8 Å². The largest absolute Gasteiger partial charge is 0.480 e. The highest BCUT2D eigenvalue weighted by Gasteiger charge is 2.44. The average molecular weight is 264 g/mol. The Balaban J connectivity index is 3.04. The molecule has 0 aliphatic carbocycles. The lowest BCUT2D eigenvalue weighted by atomic mass is 10.3. The molecule has 2 unspecified atom stereocenters. The molecule has 1 saturated heterocycles. The summed E-state index contributed by atoms with van der Waals surface area (Å²) >= 11 is 1.30. The minimum atomic E-state index is -3.79. The molecule has 1 fully saturated rings. The Kier molecular flexibility index (Phi) is 4.18. The summed E-state index contributed by atoms with van der Waals surface area (Å²) in [5.74, 6) is -1.60. The van der Waals surface area contributed by atoms with Crippen LogP contribution in [0.5, 0.6) is 0 Å². The van der Waals surface area contributed by atoms with E-state index < -0.39 is 27.8 Å². The molecule has 0 radical (unpaired) electrons. The quantitative estimate of drug-likeness (QED) is 0.772. The van der Waals surface area contributed by atoms with E-state index in [1.807, 2.05) is 0 Å². The molecule has 0 amide bonds. The topological polar surface area (TPSA) is 98.5 Å². The monoisotopic (exact) mass is 264 g/mol. The van der Waals surface area contributed by atoms with Gasteiger partial charge in [0.1, 0.15) is 6.04 Å². The van der Waals surface area contributed by atoms with Gasteiger partial charge in [0.05, 0.1) is 11.4 Å². The van der Waals surface area contributed by atoms with Gasteiger partial charge in [0, 0.05) is 5.75 Å². The van der Waals surface area contributed by atoms with Crippen molar-refractivity contribution in [3.05, 3.63) is 0 Å². The first-order valence-corrected chi connectivity index (χ1v) is 7.32. The van der Waals surface area contributed by atoms with Crippen molar-refractivity contribution in [3.63, 3.8) is 0 Å². The Morgan fingerprint density at radius 1 is 1.69 bits per heavy atom. The lowest BCUT2D eigenvalue weighted by Gasteiger charge is -2.24. The third-order valence-electron chi connectivity index (χ3n) is 2.24. The Labute approximate surface area is 98.3 Å². The summed E-state index contributed by atoms with van der Waals surface area (Å²) in [7, 11) is -3.79. The maximum atomic E-state index is 11.7. The van der Waals surface area contributed by atoms with E-state index in [0.29, 0.717) is 6.42 Å². The number of hydrogen-bond acceptors (Lipinski definition) is 5. The van der Waals surface area contributed by atoms with E-state index in [1.165, 1.54) is 11.8 Å². The summed E-state index contributed by atoms with van der Waals surface area (Å²) in [6.45, 7) is 1.79. The Hall–Kier alpha value is -0.780. The molecule has 8 heteroatoms. The standard InChI is InChI=1S/C8H12N2O4S2/c1-2-7-10(16(13,14)4-3-9)6(5-15-7)8(11)12/h6-7H,2,4-5H2,1H3,(H,11,12). The van der Waals surface area contributed by atoms with Crippen LogP contribution >= 0.6 is 11.8 Å². The molecule has 90 valence electrons. The average Bonchev–Trinajstić information content (AvgIpc) is 2.61. The maximum absolute atomic E-state index is 11.7. The first-order chi connectivity index (χ1) is 7.44. The van der Waals surface area contributed by atoms with Crippen LogP contribution in [0.4, 0.5) is 0 Å². The first-order valence-electron chi connectivity index (χ1n) is 4.66. The number of aliphatic carboxylic acids is 1. The normalized spacial score (nSPS) is 26.5. The summed E-state index contributed by atoms with van der Waals surface area (Å²) in [5, 5.41) is 17.0. The highest BCUT2D eigenvalue weighted by molar-refractivity contribution is 8.01. The van der Waals surface area contributed by atoms with Crippen molar-refractivity contribution in [2.75, 3.05) is 11.5 Å². The smallest absolute Gasteiger partial charge is 0.322 e. The fourth-order valence-corrected chi connectivity index (χ4v) is 4.84. The molecule has 2 atom stereocenters. The van der Waals surface area contributed by atoms with Crippen LogP contribution in [0.3, 0.4) is 0 Å². The highest BCUT2D eigenvalue weighted by atomic mass is 32.2. The third-order valence-corrected chi connectivity index (χ3v) is 5.47. The minimum Gasteiger partial charge on any atom is -0.480 e. The van der Waals surface area contributed by atoms with Crippen molar-refractivity contribution < 1.29 is 18.3 Å². The van der Waals surface area contributed by atoms with Crippen molar-refractivity contribution in [2.45, 2.75) is 24.8 Å². The molecule has 0 aromatic carbocycles. The number of nitriles is 1. The number of sulfonamides is 1. The molecule has 1 N–H and O–H groups in total. The number of carbonyl (C=O) groups is 1. The Morgan fingerprint density at radius 2 is 2.31 bits per heavy atom. The molecule has 1 aliphatic heterocycles. The molecule has 0 bridgehead atoms. The molecule has 16 heavy (non-hydrogen) atoms. The molecular weight excluding hydrogens is 252 g/mol. The van der Waals surface area contributed by atoms with Crippen LogP contribution < -0.4 is 0 Å². The van der Waals surface area contributed by atoms with Gasteiger partial charge in [0.15, 0.2) is 5.75 Å². The van der Waals surface area contributed by atoms with Crippen LogP contribution in [0, 0.1) is 11.3 Å². The van der Waals surface area contributed by atoms with E-state index in [4.69, 9.17) is 10.4 Å². The van der Waals surface area contributed by atoms with Crippen molar-refractivity contribution >= 4 is 27.8 Å². The minimum absolute atomic E-state index is 0.235. The maximum Gasteiger partial charge on any atom is 0.322 e. The lowest BCUT2D eigenvalue weighted by molar-refractivity contribution is -0.140. The summed E-state index contributed by atoms with van der Waals surface area (Å²) in [5.41, 5.74) is 0. The molecule has 0 aromatic heterocycles. The van der Waals surface area contributed by atoms with Gasteiger partial charge in [0.25, 0.3) is 0 Å². The second-order valence-corrected chi connectivity index (χ2v) is 6.38. The fraction of sp³-hybridized carbons (Fsp3) is 0.750. The predicted octanol–water partition coefficient (Wildman–Crippen LogP) is 0.0779. The molecule has 0 spiro atoms. The molecular formula is C8H12N2O4S2. The van der Waals surface area contributed by atoms with E-state index in [0.717, 1.165) is 4.31 Å². The van der Waals surface area contributed by atoms with Crippen molar-refractivity contribution in [1.82, 2.24) is 4.31 Å². The summed E-state index contributed by atoms with van der Waals surface area (Å²) < 4.78 is 24.4. The van der Waals surface area contributed by atoms with Crippen molar-refractivity contribution in [1.29, 1.82) is 5.26 Å². The second kappa shape index (κ2) is 5.03. The Bertz CT molecular complexity index is 414. The number of hydrogen-bond donors (Lipinski definition) is 1. The van der Waals surface area contributed by atoms with Gasteiger partial charge in [0.2, 0.25) is 10.0 Å². The van der Waals surface area contributed by atoms with Crippen LogP contribution in [0.25, 0.3) is 0 Å². The number of thioether (sulfide) groups is 1. The SMILES string of the molecule is CCC1SCC(C(=O)O)N1S(=O)(=O)CC#N. The number of rotatable bonds is 4. The zero-order valence-electron chi connectivity index (χ0n) is 8.66. The lowest BCUT2D eigenvalue weighted by Crippen LogP contribution is -2.46. The van der Waals surface area contributed by atoms with E-state index in [-0.39, 0.29) is 11.1 Å². The van der Waals surface area contributed by atoms with E-state index in [2.05, 4.69) is 0 Å². The second-order valence-electron chi connectivity index (χ2n) is 3.29. The number of nitrogens with zero attached hydrogens (tertiary/aromatic N) is 2. The van der Waals surface area contributed by atoms with E-state index in [1.54, 1.807) is 13.0 Å². The summed E-state index contributed by atoms with van der Waals surface area (Å²) in [4.78, 5) is 10.9. The summed E-state index contributed by atoms with van der Waals surface area (Å²) in [6.07, 6.45) is 0.527. The number of carboxylic acid groups (broad SMARTS) is 1. The van der Waals surface area contributed by atoms with Gasteiger partial charge in [-0.1, -0.05) is 6.92 Å². The molecule has 1 aliphatic rings. The molecule has 1 rings (SSSR count). The van der Waals surface area contributed by atoms with Crippen LogP contribution in [-0.4, -0.2) is 46.7 Å². The van der Waals surface area contributed by atoms with Gasteiger partial charge < -0.3 is 5.11 Å². The number of carboxylic acids is 1. The van der Waals surface area contributed by atoms with Crippen LogP contribution in [0.15, 0.2) is 0 Å². The van der Waals surface area contributed by atoms with Gasteiger partial charge >= 0.3 is 5.97 Å². The van der Waals surface area contributed by atoms with Crippen LogP contribution in [0.2, 0.25) is 0 Å². The molecule has 0 saturated carbocycles. The zero-order chi connectivity index (χ0) is 12.3. The Morgan fingerprint density at radius 3 is 2.75 bits per heavy atom. The first kappa shape index (κ1) is 13.3. The van der Waals surface area contributed by atoms with Gasteiger partial charge in [-0.25, -0.2) is 8.42 Å². The summed E-state index contributed by atoms with van der Waals surface area (Å²) in [6, 6.07) is 0.509. The van der Waals surface area contributed by atoms with Gasteiger partial charge in [-0.05, 0) is 6.42 Å². The highest BCUT2D eigenvalue weighted by Crippen LogP contribution is 2.33. The predicted molar refractivity (Wildman–Crippen MR) is 59.2 cm³/mol. The van der Waals surface area contributed by atoms with Gasteiger partial charge in [-0.15, -0.1) is 11.8 Å². The fourth-order valence-electron chi connectivity index (χ4n) is 1.56. The van der Waals surface area contributed by atoms with Crippen molar-refractivity contribution in [3.8, 4) is 6.07 Å². The van der Waals surface area contributed by atoms with E-state index in [9.17, 15) is 13.2 Å². The van der Waals surface area contributed by atoms with Crippen molar-refractivity contribution in [2.24, 2.45) is 0 Å². The third kappa shape index (κ3) is 2.48. The van der Waals surface area contributed by atoms with E-state index >= 15 is 0 Å². The van der Waals surface area contributed by atoms with Crippen LogP contribution in [0.1, 0.15) is 13.3 Å². The van der Waals surface area contributed by atoms with Gasteiger partial charge in [-0.3, -0.25) is 4.79 Å². The zero-order valence-corrected chi connectivity index (χ0v) is 10.3. The molecule has 6 nitrogen and oxygen atoms in total. The molecule has 0 aromatic rings. The molecule has 1 heterocycles. The van der Waals surface area contributed by atoms with Gasteiger partial charge in [-0.2, -0.15) is 9.57 Å².